The van der Waals surface area contributed by atoms with E-state index in [9.17, 15) is 29.2 Å². The van der Waals surface area contributed by atoms with E-state index in [1.807, 2.05) is 35.1 Å². The molecule has 0 fully saturated rings. The molecular weight excluding hydrogens is 905 g/mol. The molecule has 4 atom stereocenters. The van der Waals surface area contributed by atoms with Crippen molar-refractivity contribution in [2.75, 3.05) is 46.4 Å². The third-order valence-electron chi connectivity index (χ3n) is 10.8. The summed E-state index contributed by atoms with van der Waals surface area (Å²) in [5, 5.41) is 20.0. The van der Waals surface area contributed by atoms with E-state index in [0.717, 1.165) is 11.3 Å². The number of ether oxygens (including phenoxy) is 2. The van der Waals surface area contributed by atoms with Gasteiger partial charge in [0.25, 0.3) is 5.91 Å². The van der Waals surface area contributed by atoms with Gasteiger partial charge in [-0.2, -0.15) is 5.26 Å². The van der Waals surface area contributed by atoms with Crippen molar-refractivity contribution < 1.29 is 33.4 Å². The van der Waals surface area contributed by atoms with Crippen LogP contribution in [0.4, 0.5) is 0 Å². The van der Waals surface area contributed by atoms with Crippen molar-refractivity contribution >= 4 is 51.1 Å². The molecule has 362 valence electrons. The average Bonchev–Trinajstić information content (AvgIpc) is 3.31. The van der Waals surface area contributed by atoms with Crippen LogP contribution >= 0.6 is 21.6 Å². The van der Waals surface area contributed by atoms with E-state index >= 15 is 0 Å². The highest BCUT2D eigenvalue weighted by Crippen LogP contribution is 2.41. The first-order valence-corrected chi connectivity index (χ1v) is 24.6. The Morgan fingerprint density at radius 1 is 0.926 bits per heavy atom. The molecular formula is C49H62N10O7S2. The normalized spacial score (nSPS) is 16.5. The maximum absolute atomic E-state index is 14.7. The first-order valence-electron chi connectivity index (χ1n) is 22.3. The molecule has 0 saturated heterocycles. The van der Waals surface area contributed by atoms with E-state index in [4.69, 9.17) is 26.7 Å². The van der Waals surface area contributed by atoms with E-state index in [0.29, 0.717) is 45.0 Å². The molecule has 10 N–H and O–H groups in total. The highest BCUT2D eigenvalue weighted by Gasteiger charge is 2.36. The predicted molar refractivity (Wildman–Crippen MR) is 266 cm³/mol. The van der Waals surface area contributed by atoms with Gasteiger partial charge in [-0.05, 0) is 79.4 Å². The van der Waals surface area contributed by atoms with Crippen molar-refractivity contribution in [2.24, 2.45) is 17.2 Å². The van der Waals surface area contributed by atoms with E-state index in [1.165, 1.54) is 30.6 Å². The number of pyridine rings is 1. The Labute approximate surface area is 405 Å². The molecule has 5 rings (SSSR count). The van der Waals surface area contributed by atoms with E-state index in [2.05, 4.69) is 59.2 Å². The lowest BCUT2D eigenvalue weighted by Gasteiger charge is -2.32. The van der Waals surface area contributed by atoms with Gasteiger partial charge in [0.1, 0.15) is 55.4 Å². The summed E-state index contributed by atoms with van der Waals surface area (Å²) in [6, 6.07) is 17.1. The molecule has 17 nitrogen and oxygen atoms in total. The topological polar surface area (TPSA) is 270 Å². The zero-order valence-electron chi connectivity index (χ0n) is 39.3. The summed E-state index contributed by atoms with van der Waals surface area (Å²) in [6.07, 6.45) is 1.50. The summed E-state index contributed by atoms with van der Waals surface area (Å²) in [7, 11) is 5.06. The fourth-order valence-electron chi connectivity index (χ4n) is 7.36. The number of nitrogens with two attached hydrogens (primary N) is 3. The van der Waals surface area contributed by atoms with Crippen LogP contribution in [-0.4, -0.2) is 109 Å². The standard InChI is InChI=1S/C49H62N10O7S2/c1-29-23-39(33-10-7-31(8-11-33)28-67-68-49(3,4)5)55-27-37(29)45(61)57-38(15-16-50)48(64)59(6)43-34-12-14-42(66-22-19-53)36(26-34)35-24-32(9-13-41(35)65-21-18-52)25-40(46(62)54-20-17-51)58-44(60)30(2)56-47(43)63/h7-14,23-24,26-27,30,38,40,43H,15-16,18-22,25,28,50,52-53H2,1-6H3,(H,54,62)(H,56,63)(H,57,61)(H,58,60)/t30-,38-,40-,43-/m0/s1. The largest absolute Gasteiger partial charge is 0.492 e. The molecule has 0 radical (unpaired) electrons. The number of nitrogens with one attached hydrogen (secondary N) is 4. The van der Waals surface area contributed by atoms with Crippen LogP contribution in [0.15, 0.2) is 72.9 Å². The Morgan fingerprint density at radius 2 is 1.59 bits per heavy atom. The summed E-state index contributed by atoms with van der Waals surface area (Å²) in [5.74, 6) is -1.62. The fourth-order valence-corrected chi connectivity index (χ4v) is 9.75. The molecule has 4 bridgehead atoms. The van der Waals surface area contributed by atoms with Gasteiger partial charge in [-0.15, -0.1) is 0 Å². The lowest BCUT2D eigenvalue weighted by atomic mass is 9.93. The summed E-state index contributed by atoms with van der Waals surface area (Å²) in [4.78, 5) is 76.2. The second-order valence-corrected chi connectivity index (χ2v) is 20.3. The van der Waals surface area contributed by atoms with Crippen molar-refractivity contribution in [3.05, 3.63) is 101 Å². The molecule has 1 aliphatic heterocycles. The third kappa shape index (κ3) is 14.2. The maximum atomic E-state index is 14.7. The number of carbonyl (C=O) groups is 5. The number of likely N-dealkylation sites (N-methyl/N-ethyl adjacent to an activating group) is 1. The number of aryl methyl sites for hydroxylation is 1. The summed E-state index contributed by atoms with van der Waals surface area (Å²) < 4.78 is 12.4. The van der Waals surface area contributed by atoms with Crippen molar-refractivity contribution in [1.29, 1.82) is 5.26 Å². The van der Waals surface area contributed by atoms with E-state index in [-0.39, 0.29) is 62.5 Å². The van der Waals surface area contributed by atoms with Crippen LogP contribution in [0.1, 0.15) is 72.8 Å². The number of benzene rings is 3. The number of carbonyl (C=O) groups excluding carboxylic acids is 5. The number of fused-ring (bicyclic) bond motifs is 5. The number of nitrogens with zero attached hydrogens (tertiary/aromatic N) is 3. The number of nitriles is 1. The summed E-state index contributed by atoms with van der Waals surface area (Å²) in [6.45, 7) is 10.2. The smallest absolute Gasteiger partial charge is 0.253 e. The highest BCUT2D eigenvalue weighted by molar-refractivity contribution is 8.76. The molecule has 68 heavy (non-hydrogen) atoms. The van der Waals surface area contributed by atoms with Crippen molar-refractivity contribution in [3.8, 4) is 40.0 Å². The summed E-state index contributed by atoms with van der Waals surface area (Å²) >= 11 is 0. The zero-order valence-corrected chi connectivity index (χ0v) is 41.0. The number of aromatic nitrogens is 1. The number of rotatable bonds is 18. The van der Waals surface area contributed by atoms with Gasteiger partial charge in [0, 0.05) is 59.9 Å². The minimum atomic E-state index is -1.39. The zero-order chi connectivity index (χ0) is 49.5. The van der Waals surface area contributed by atoms with Crippen LogP contribution in [-0.2, 0) is 31.4 Å². The number of amides is 5. The van der Waals surface area contributed by atoms with Crippen LogP contribution in [0.2, 0.25) is 0 Å². The van der Waals surface area contributed by atoms with Crippen LogP contribution in [0, 0.1) is 18.3 Å². The molecule has 5 amide bonds. The molecule has 0 aliphatic carbocycles. The highest BCUT2D eigenvalue weighted by atomic mass is 33.1. The van der Waals surface area contributed by atoms with Gasteiger partial charge in [0.05, 0.1) is 17.3 Å². The minimum Gasteiger partial charge on any atom is -0.492 e. The molecule has 0 spiro atoms. The third-order valence-corrected chi connectivity index (χ3v) is 14.0. The fraction of sp³-hybridized carbons (Fsp3) is 0.408. The lowest BCUT2D eigenvalue weighted by molar-refractivity contribution is -0.141. The Kier molecular flexibility index (Phi) is 19.2. The molecule has 4 aromatic rings. The van der Waals surface area contributed by atoms with E-state index in [1.54, 1.807) is 54.1 Å². The van der Waals surface area contributed by atoms with Crippen LogP contribution < -0.4 is 47.9 Å². The van der Waals surface area contributed by atoms with Crippen molar-refractivity contribution in [1.82, 2.24) is 31.2 Å². The van der Waals surface area contributed by atoms with Gasteiger partial charge in [-0.3, -0.25) is 29.0 Å². The van der Waals surface area contributed by atoms with Gasteiger partial charge in [-0.1, -0.05) is 78.8 Å². The summed E-state index contributed by atoms with van der Waals surface area (Å²) in [5.41, 5.74) is 23.2. The average molecular weight is 967 g/mol. The molecule has 1 aromatic heterocycles. The van der Waals surface area contributed by atoms with Crippen LogP contribution in [0.25, 0.3) is 22.4 Å². The Morgan fingerprint density at radius 3 is 2.21 bits per heavy atom. The van der Waals surface area contributed by atoms with Crippen molar-refractivity contribution in [3.63, 3.8) is 0 Å². The SMILES string of the molecule is Cc1cc(-c2ccc(CSSC(C)(C)C)cc2)ncc1C(=O)N[C@@H](CCN)C(=O)N(C)[C@@H]1C(=O)N[C@@H](C)C(=O)N[C@H](C(=O)NCC#N)Cc2ccc(OCCN)c(c2)-c2cc1ccc2OCCN. The predicted octanol–water partition coefficient (Wildman–Crippen LogP) is 3.91. The van der Waals surface area contributed by atoms with Crippen LogP contribution in [0.3, 0.4) is 0 Å². The molecule has 0 unspecified atom stereocenters. The molecule has 2 heterocycles. The molecule has 0 saturated carbocycles. The second kappa shape index (κ2) is 24.7. The first-order chi connectivity index (χ1) is 32.5. The molecule has 3 aromatic carbocycles. The van der Waals surface area contributed by atoms with Crippen LogP contribution in [0.5, 0.6) is 11.5 Å². The van der Waals surface area contributed by atoms with E-state index < -0.39 is 53.7 Å². The van der Waals surface area contributed by atoms with Gasteiger partial charge >= 0.3 is 0 Å². The Bertz CT molecular complexity index is 2480. The number of hydrogen-bond acceptors (Lipinski definition) is 14. The minimum absolute atomic E-state index is 0.00506. The lowest BCUT2D eigenvalue weighted by Crippen LogP contribution is -2.56. The van der Waals surface area contributed by atoms with Gasteiger partial charge in [-0.25, -0.2) is 0 Å². The molecule has 19 heteroatoms. The van der Waals surface area contributed by atoms with Crippen molar-refractivity contribution in [2.45, 2.75) is 82.1 Å². The Hall–Kier alpha value is -6.17. The van der Waals surface area contributed by atoms with Gasteiger partial charge in [0.15, 0.2) is 0 Å². The monoisotopic (exact) mass is 966 g/mol. The molecule has 1 aliphatic rings. The first kappa shape index (κ1) is 52.8. The quantitative estimate of drug-likeness (QED) is 0.0551. The maximum Gasteiger partial charge on any atom is 0.253 e. The van der Waals surface area contributed by atoms with Gasteiger partial charge < -0.3 is 52.8 Å². The number of hydrogen-bond donors (Lipinski definition) is 7. The Balaban J connectivity index is 1.50. The van der Waals surface area contributed by atoms with Gasteiger partial charge in [0.2, 0.25) is 23.6 Å². The second-order valence-electron chi connectivity index (χ2n) is 17.2.